The van der Waals surface area contributed by atoms with E-state index in [1.807, 2.05) is 26.0 Å². The monoisotopic (exact) mass is 701 g/mol. The first-order valence-electron chi connectivity index (χ1n) is 20.1. The van der Waals surface area contributed by atoms with E-state index in [2.05, 4.69) is 39.9 Å². The number of phenolic OH excluding ortho intramolecular Hbond substituents is 1. The van der Waals surface area contributed by atoms with Crippen molar-refractivity contribution in [3.05, 3.63) is 41.0 Å². The van der Waals surface area contributed by atoms with E-state index in [-0.39, 0.29) is 63.7 Å². The predicted octanol–water partition coefficient (Wildman–Crippen LogP) is 9.02. The fourth-order valence-corrected chi connectivity index (χ4v) is 14.0. The molecular weight excluding hydrogens is 638 g/mol. The van der Waals surface area contributed by atoms with E-state index in [9.17, 15) is 24.6 Å². The van der Waals surface area contributed by atoms with Crippen LogP contribution in [0.4, 0.5) is 0 Å². The van der Waals surface area contributed by atoms with Crippen molar-refractivity contribution in [1.29, 1.82) is 0 Å². The molecule has 5 fully saturated rings. The number of benzene rings is 1. The first-order chi connectivity index (χ1) is 23.9. The Labute approximate surface area is 305 Å². The molecule has 6 aliphatic rings. The Kier molecular flexibility index (Phi) is 8.95. The van der Waals surface area contributed by atoms with Gasteiger partial charge in [-0.3, -0.25) is 14.4 Å². The number of hydrogen-bond donors (Lipinski definition) is 3. The summed E-state index contributed by atoms with van der Waals surface area (Å²) in [7, 11) is 0. The smallest absolute Gasteiger partial charge is 0.306 e. The second-order valence-corrected chi connectivity index (χ2v) is 19.9. The summed E-state index contributed by atoms with van der Waals surface area (Å²) in [6.45, 7) is 17.4. The molecule has 6 aliphatic carbocycles. The summed E-state index contributed by atoms with van der Waals surface area (Å²) in [4.78, 5) is 38.5. The van der Waals surface area contributed by atoms with Gasteiger partial charge in [-0.15, -0.1) is 0 Å². The van der Waals surface area contributed by atoms with E-state index in [1.54, 1.807) is 17.7 Å². The third-order valence-corrected chi connectivity index (χ3v) is 16.2. The normalized spacial score (nSPS) is 39.8. The van der Waals surface area contributed by atoms with Crippen LogP contribution >= 0.6 is 0 Å². The summed E-state index contributed by atoms with van der Waals surface area (Å²) < 4.78 is 6.29. The number of carboxylic acid groups (broad SMARTS) is 1. The van der Waals surface area contributed by atoms with Crippen LogP contribution in [-0.2, 0) is 25.7 Å². The molecule has 280 valence electrons. The first-order valence-corrected chi connectivity index (χ1v) is 20.1. The highest BCUT2D eigenvalue weighted by atomic mass is 16.5. The highest BCUT2D eigenvalue weighted by Gasteiger charge is 2.81. The third kappa shape index (κ3) is 5.73. The molecule has 1 aromatic carbocycles. The number of carbonyl (C=O) groups excluding carboxylic acids is 2. The summed E-state index contributed by atoms with van der Waals surface area (Å²) in [5.41, 5.74) is 3.78. The van der Waals surface area contributed by atoms with Crippen LogP contribution in [0.25, 0.3) is 0 Å². The van der Waals surface area contributed by atoms with Crippen LogP contribution in [0.1, 0.15) is 138 Å². The van der Waals surface area contributed by atoms with E-state index in [4.69, 9.17) is 4.74 Å². The van der Waals surface area contributed by atoms with Crippen molar-refractivity contribution >= 4 is 17.7 Å². The Morgan fingerprint density at radius 2 is 1.69 bits per heavy atom. The van der Waals surface area contributed by atoms with Crippen molar-refractivity contribution in [1.82, 2.24) is 5.32 Å². The highest BCUT2D eigenvalue weighted by Crippen LogP contribution is 2.86. The number of phenols is 1. The topological polar surface area (TPSA) is 113 Å². The molecule has 51 heavy (non-hydrogen) atoms. The van der Waals surface area contributed by atoms with Gasteiger partial charge in [-0.25, -0.2) is 0 Å². The Bertz CT molecular complexity index is 1610. The number of carbonyl (C=O) groups is 3. The molecule has 8 unspecified atom stereocenters. The predicted molar refractivity (Wildman–Crippen MR) is 198 cm³/mol. The molecule has 7 heteroatoms. The van der Waals surface area contributed by atoms with Crippen LogP contribution in [0, 0.1) is 56.2 Å². The molecule has 0 radical (unpaired) electrons. The lowest BCUT2D eigenvalue weighted by Gasteiger charge is -2.67. The molecule has 5 saturated carbocycles. The Balaban J connectivity index is 1.09. The van der Waals surface area contributed by atoms with Gasteiger partial charge in [0.1, 0.15) is 11.9 Å². The number of hydrogen-bond acceptors (Lipinski definition) is 6. The molecule has 0 aromatic heterocycles. The molecule has 1 spiro atoms. The SMILES string of the molecule is CC(C)C1=C2C3CCC4C(C)(CC[C@@]56CC5(C)C(OC(=O)CC(C)(C)CC(=O)O)CCC46C)C3CCC2(CCNCc2ccc(O)cc2)CC1=O. The number of aromatic hydroxyl groups is 1. The number of carboxylic acids is 1. The zero-order valence-electron chi connectivity index (χ0n) is 32.3. The van der Waals surface area contributed by atoms with Crippen LogP contribution in [-0.4, -0.2) is 40.6 Å². The van der Waals surface area contributed by atoms with Gasteiger partial charge in [-0.1, -0.05) is 66.2 Å². The summed E-state index contributed by atoms with van der Waals surface area (Å²) in [6, 6.07) is 7.42. The molecule has 0 amide bonds. The van der Waals surface area contributed by atoms with Crippen molar-refractivity contribution in [2.75, 3.05) is 6.54 Å². The fourth-order valence-electron chi connectivity index (χ4n) is 14.0. The van der Waals surface area contributed by atoms with E-state index < -0.39 is 11.4 Å². The van der Waals surface area contributed by atoms with Crippen molar-refractivity contribution in [3.8, 4) is 5.75 Å². The highest BCUT2D eigenvalue weighted by molar-refractivity contribution is 6.00. The summed E-state index contributed by atoms with van der Waals surface area (Å²) in [5.74, 6) is 1.49. The zero-order valence-corrected chi connectivity index (χ0v) is 32.3. The molecule has 0 heterocycles. The number of Topliss-reactive ketones (excluding diaryl/α,β-unsaturated/α-hetero) is 1. The molecule has 0 bridgehead atoms. The van der Waals surface area contributed by atoms with Gasteiger partial charge in [0.15, 0.2) is 5.78 Å². The lowest BCUT2D eigenvalue weighted by Crippen LogP contribution is -2.61. The Morgan fingerprint density at radius 3 is 2.37 bits per heavy atom. The maximum atomic E-state index is 13.9. The minimum Gasteiger partial charge on any atom is -0.508 e. The number of fused-ring (bicyclic) bond motifs is 6. The number of rotatable bonds is 11. The van der Waals surface area contributed by atoms with Crippen LogP contribution in [0.5, 0.6) is 5.75 Å². The Morgan fingerprint density at radius 1 is 0.961 bits per heavy atom. The minimum absolute atomic E-state index is 0.0230. The average molecular weight is 702 g/mol. The van der Waals surface area contributed by atoms with Crippen molar-refractivity contribution in [3.63, 3.8) is 0 Å². The number of nitrogens with one attached hydrogen (secondary N) is 1. The lowest BCUT2D eigenvalue weighted by atomic mass is 9.37. The Hall–Kier alpha value is -2.67. The number of allylic oxidation sites excluding steroid dienone is 2. The van der Waals surface area contributed by atoms with E-state index in [0.29, 0.717) is 30.0 Å². The van der Waals surface area contributed by atoms with Crippen LogP contribution in [0.15, 0.2) is 35.4 Å². The quantitative estimate of drug-likeness (QED) is 0.156. The summed E-state index contributed by atoms with van der Waals surface area (Å²) >= 11 is 0. The molecule has 0 saturated heterocycles. The van der Waals surface area contributed by atoms with Crippen molar-refractivity contribution in [2.45, 2.75) is 145 Å². The van der Waals surface area contributed by atoms with Crippen LogP contribution in [0.2, 0.25) is 0 Å². The second-order valence-electron chi connectivity index (χ2n) is 19.9. The molecule has 7 nitrogen and oxygen atoms in total. The van der Waals surface area contributed by atoms with Gasteiger partial charge in [-0.05, 0) is 139 Å². The van der Waals surface area contributed by atoms with E-state index >= 15 is 0 Å². The molecule has 9 atom stereocenters. The molecule has 7 rings (SSSR count). The molecule has 0 aliphatic heterocycles. The maximum absolute atomic E-state index is 13.9. The minimum atomic E-state index is -0.881. The van der Waals surface area contributed by atoms with Gasteiger partial charge in [0.25, 0.3) is 0 Å². The van der Waals surface area contributed by atoms with Crippen molar-refractivity contribution < 1.29 is 29.3 Å². The fraction of sp³-hybridized carbons (Fsp3) is 0.750. The molecular formula is C44H63NO6. The average Bonchev–Trinajstić information content (AvgIpc) is 3.56. The number of ether oxygens (including phenoxy) is 1. The van der Waals surface area contributed by atoms with E-state index in [0.717, 1.165) is 56.3 Å². The molecule has 1 aromatic rings. The zero-order chi connectivity index (χ0) is 36.8. The maximum Gasteiger partial charge on any atom is 0.306 e. The summed E-state index contributed by atoms with van der Waals surface area (Å²) in [5, 5.41) is 22.7. The third-order valence-electron chi connectivity index (χ3n) is 16.2. The van der Waals surface area contributed by atoms with Crippen LogP contribution < -0.4 is 5.32 Å². The van der Waals surface area contributed by atoms with Gasteiger partial charge >= 0.3 is 11.9 Å². The van der Waals surface area contributed by atoms with Gasteiger partial charge < -0.3 is 20.3 Å². The largest absolute Gasteiger partial charge is 0.508 e. The van der Waals surface area contributed by atoms with E-state index in [1.165, 1.54) is 32.1 Å². The first kappa shape index (κ1) is 36.7. The van der Waals surface area contributed by atoms with Gasteiger partial charge in [0, 0.05) is 23.8 Å². The standard InChI is InChI=1S/C44H63NO6/c1-27(2)37-32(47)22-43(20-21-45-25-28-8-10-29(46)11-9-28)17-14-31-30(38(37)43)12-13-33-40(31,5)18-19-44-26-42(44,7)34(15-16-41(33,44)6)51-36(50)24-39(3,4)23-35(48)49/h8-11,27,30-31,33-34,45-46H,12-26H2,1-7H3,(H,48,49)/t30?,31?,33?,34?,40?,41?,42?,43?,44-/m0/s1. The number of esters is 1. The van der Waals surface area contributed by atoms with Gasteiger partial charge in [0.05, 0.1) is 12.8 Å². The number of aliphatic carboxylic acids is 1. The van der Waals surface area contributed by atoms with Crippen molar-refractivity contribution in [2.24, 2.45) is 56.2 Å². The van der Waals surface area contributed by atoms with Gasteiger partial charge in [-0.2, -0.15) is 0 Å². The van der Waals surface area contributed by atoms with Crippen LogP contribution in [0.3, 0.4) is 0 Å². The number of ketones is 1. The second kappa shape index (κ2) is 12.5. The molecule has 3 N–H and O–H groups in total. The lowest BCUT2D eigenvalue weighted by molar-refractivity contribution is -0.193. The van der Waals surface area contributed by atoms with Gasteiger partial charge in [0.2, 0.25) is 0 Å². The summed E-state index contributed by atoms with van der Waals surface area (Å²) in [6.07, 6.45) is 11.8.